The van der Waals surface area contributed by atoms with E-state index in [-0.39, 0.29) is 16.4 Å². The Morgan fingerprint density at radius 3 is 2.85 bits per heavy atom. The van der Waals surface area contributed by atoms with Gasteiger partial charge in [-0.1, -0.05) is 15.9 Å². The Morgan fingerprint density at radius 2 is 2.25 bits per heavy atom. The molecule has 3 nitrogen and oxygen atoms in total. The van der Waals surface area contributed by atoms with Crippen molar-refractivity contribution in [2.75, 3.05) is 0 Å². The summed E-state index contributed by atoms with van der Waals surface area (Å²) >= 11 is 6.62. The van der Waals surface area contributed by atoms with Crippen LogP contribution in [0.3, 0.4) is 0 Å². The van der Waals surface area contributed by atoms with Gasteiger partial charge in [-0.05, 0) is 53.0 Å². The Hall–Kier alpha value is -1.01. The third-order valence-corrected chi connectivity index (χ3v) is 4.30. The van der Waals surface area contributed by atoms with Gasteiger partial charge in [0.25, 0.3) is 0 Å². The van der Waals surface area contributed by atoms with Gasteiger partial charge in [-0.3, -0.25) is 9.48 Å². The van der Waals surface area contributed by atoms with Crippen LogP contribution in [0.2, 0.25) is 0 Å². The molecule has 0 fully saturated rings. The van der Waals surface area contributed by atoms with E-state index in [1.165, 1.54) is 18.2 Å². The van der Waals surface area contributed by atoms with E-state index in [9.17, 15) is 9.18 Å². The van der Waals surface area contributed by atoms with Gasteiger partial charge in [0, 0.05) is 22.8 Å². The Balaban J connectivity index is 2.12. The highest BCUT2D eigenvalue weighted by molar-refractivity contribution is 9.10. The largest absolute Gasteiger partial charge is 0.293 e. The second kappa shape index (κ2) is 6.63. The number of aryl methyl sites for hydroxylation is 1. The van der Waals surface area contributed by atoms with Crippen LogP contribution in [0.1, 0.15) is 22.8 Å². The minimum absolute atomic E-state index is 0.0823. The second-order valence-corrected chi connectivity index (χ2v) is 6.32. The maximum absolute atomic E-state index is 13.0. The smallest absolute Gasteiger partial charge is 0.177 e. The van der Waals surface area contributed by atoms with Gasteiger partial charge in [0.2, 0.25) is 0 Å². The molecule has 20 heavy (non-hydrogen) atoms. The number of alkyl halides is 1. The molecule has 0 radical (unpaired) electrons. The molecule has 0 aliphatic carbocycles. The third kappa shape index (κ3) is 3.55. The average molecular weight is 404 g/mol. The topological polar surface area (TPSA) is 34.9 Å². The molecule has 1 aromatic carbocycles. The van der Waals surface area contributed by atoms with Crippen LogP contribution < -0.4 is 0 Å². The van der Waals surface area contributed by atoms with E-state index in [2.05, 4.69) is 37.0 Å². The number of Topliss-reactive ketones (excluding diaryl/α,β-unsaturated/α-hetero) is 1. The first-order valence-electron chi connectivity index (χ1n) is 6.16. The molecule has 0 aliphatic rings. The van der Waals surface area contributed by atoms with Crippen molar-refractivity contribution in [1.29, 1.82) is 0 Å². The lowest BCUT2D eigenvalue weighted by atomic mass is 10.0. The van der Waals surface area contributed by atoms with Crippen molar-refractivity contribution >= 4 is 37.6 Å². The predicted octanol–water partition coefficient (Wildman–Crippen LogP) is 3.99. The number of hydrogen-bond acceptors (Lipinski definition) is 2. The minimum Gasteiger partial charge on any atom is -0.293 e. The van der Waals surface area contributed by atoms with Crippen molar-refractivity contribution in [3.8, 4) is 0 Å². The molecule has 0 N–H and O–H groups in total. The number of hydrogen-bond donors (Lipinski definition) is 0. The SMILES string of the molecule is CCn1cc(CC(Br)C(=O)c2ccc(F)cc2Br)cn1. The van der Waals surface area contributed by atoms with E-state index in [4.69, 9.17) is 0 Å². The van der Waals surface area contributed by atoms with Gasteiger partial charge < -0.3 is 0 Å². The zero-order chi connectivity index (χ0) is 14.7. The first-order chi connectivity index (χ1) is 9.51. The standard InChI is InChI=1S/C14H13Br2FN2O/c1-2-19-8-9(7-18-19)5-13(16)14(20)11-4-3-10(17)6-12(11)15/h3-4,6-8,13H,2,5H2,1H3. The van der Waals surface area contributed by atoms with Crippen LogP contribution in [0.5, 0.6) is 0 Å². The van der Waals surface area contributed by atoms with Crippen molar-refractivity contribution in [3.63, 3.8) is 0 Å². The summed E-state index contributed by atoms with van der Waals surface area (Å²) in [6.07, 6.45) is 4.22. The van der Waals surface area contributed by atoms with E-state index >= 15 is 0 Å². The Bertz CT molecular complexity index is 627. The van der Waals surface area contributed by atoms with Crippen LogP contribution in [0.25, 0.3) is 0 Å². The molecule has 1 aromatic heterocycles. The molecule has 2 rings (SSSR count). The summed E-state index contributed by atoms with van der Waals surface area (Å²) < 4.78 is 15.3. The predicted molar refractivity (Wildman–Crippen MR) is 82.8 cm³/mol. The molecule has 2 aromatic rings. The number of rotatable bonds is 5. The molecule has 0 saturated heterocycles. The molecule has 0 saturated carbocycles. The lowest BCUT2D eigenvalue weighted by Crippen LogP contribution is -2.17. The Kier molecular flexibility index (Phi) is 5.10. The van der Waals surface area contributed by atoms with Gasteiger partial charge in [0.15, 0.2) is 5.78 Å². The summed E-state index contributed by atoms with van der Waals surface area (Å²) in [6.45, 7) is 2.80. The summed E-state index contributed by atoms with van der Waals surface area (Å²) in [7, 11) is 0. The first kappa shape index (κ1) is 15.4. The maximum atomic E-state index is 13.0. The van der Waals surface area contributed by atoms with Crippen molar-refractivity contribution in [3.05, 3.63) is 52.0 Å². The first-order valence-corrected chi connectivity index (χ1v) is 7.86. The van der Waals surface area contributed by atoms with Gasteiger partial charge in [-0.15, -0.1) is 0 Å². The van der Waals surface area contributed by atoms with Crippen molar-refractivity contribution < 1.29 is 9.18 Å². The minimum atomic E-state index is -0.372. The van der Waals surface area contributed by atoms with E-state index in [1.54, 1.807) is 6.20 Å². The van der Waals surface area contributed by atoms with Crippen LogP contribution in [0.4, 0.5) is 4.39 Å². The fraction of sp³-hybridized carbons (Fsp3) is 0.286. The lowest BCUT2D eigenvalue weighted by molar-refractivity contribution is 0.0990. The third-order valence-electron chi connectivity index (χ3n) is 2.91. The highest BCUT2D eigenvalue weighted by Crippen LogP contribution is 2.23. The number of nitrogens with zero attached hydrogens (tertiary/aromatic N) is 2. The van der Waals surface area contributed by atoms with Crippen LogP contribution in [-0.2, 0) is 13.0 Å². The van der Waals surface area contributed by atoms with Crippen LogP contribution in [-0.4, -0.2) is 20.4 Å². The number of benzene rings is 1. The molecule has 1 unspecified atom stereocenters. The molecular weight excluding hydrogens is 391 g/mol. The van der Waals surface area contributed by atoms with Gasteiger partial charge in [0.1, 0.15) is 5.82 Å². The van der Waals surface area contributed by atoms with Crippen molar-refractivity contribution in [2.45, 2.75) is 24.7 Å². The average Bonchev–Trinajstić information content (AvgIpc) is 2.85. The zero-order valence-electron chi connectivity index (χ0n) is 10.8. The van der Waals surface area contributed by atoms with Crippen LogP contribution in [0, 0.1) is 5.82 Å². The van der Waals surface area contributed by atoms with E-state index in [1.807, 2.05) is 17.8 Å². The fourth-order valence-corrected chi connectivity index (χ4v) is 3.01. The molecule has 0 spiro atoms. The fourth-order valence-electron chi connectivity index (χ4n) is 1.84. The molecule has 0 bridgehead atoms. The van der Waals surface area contributed by atoms with E-state index in [0.717, 1.165) is 12.1 Å². The maximum Gasteiger partial charge on any atom is 0.177 e. The number of carbonyl (C=O) groups is 1. The number of aromatic nitrogens is 2. The highest BCUT2D eigenvalue weighted by atomic mass is 79.9. The number of ketones is 1. The van der Waals surface area contributed by atoms with E-state index in [0.29, 0.717) is 16.5 Å². The molecule has 106 valence electrons. The van der Waals surface area contributed by atoms with Gasteiger partial charge in [-0.25, -0.2) is 4.39 Å². The number of carbonyl (C=O) groups excluding carboxylic acids is 1. The highest BCUT2D eigenvalue weighted by Gasteiger charge is 2.20. The second-order valence-electron chi connectivity index (χ2n) is 4.36. The summed E-state index contributed by atoms with van der Waals surface area (Å²) in [6, 6.07) is 4.07. The van der Waals surface area contributed by atoms with Gasteiger partial charge in [0.05, 0.1) is 11.0 Å². The zero-order valence-corrected chi connectivity index (χ0v) is 14.0. The van der Waals surface area contributed by atoms with Gasteiger partial charge in [-0.2, -0.15) is 5.10 Å². The van der Waals surface area contributed by atoms with Crippen LogP contribution in [0.15, 0.2) is 35.1 Å². The summed E-state index contributed by atoms with van der Waals surface area (Å²) in [5.74, 6) is -0.454. The van der Waals surface area contributed by atoms with Crippen molar-refractivity contribution in [2.24, 2.45) is 0 Å². The van der Waals surface area contributed by atoms with Crippen LogP contribution >= 0.6 is 31.9 Å². The lowest BCUT2D eigenvalue weighted by Gasteiger charge is -2.09. The molecule has 6 heteroatoms. The Morgan fingerprint density at radius 1 is 1.50 bits per heavy atom. The Labute approximate surface area is 133 Å². The van der Waals surface area contributed by atoms with Gasteiger partial charge >= 0.3 is 0 Å². The van der Waals surface area contributed by atoms with E-state index < -0.39 is 0 Å². The summed E-state index contributed by atoms with van der Waals surface area (Å²) in [5, 5.41) is 4.17. The summed E-state index contributed by atoms with van der Waals surface area (Å²) in [5.41, 5.74) is 1.46. The monoisotopic (exact) mass is 402 g/mol. The molecule has 1 heterocycles. The molecule has 1 atom stereocenters. The molecule has 0 aliphatic heterocycles. The normalized spacial score (nSPS) is 12.4. The number of halogens is 3. The van der Waals surface area contributed by atoms with Crippen molar-refractivity contribution in [1.82, 2.24) is 9.78 Å². The quantitative estimate of drug-likeness (QED) is 0.558. The summed E-state index contributed by atoms with van der Waals surface area (Å²) in [4.78, 5) is 12.0. The molecular formula is C14H13Br2FN2O. The molecule has 0 amide bonds.